The van der Waals surface area contributed by atoms with Crippen molar-refractivity contribution < 1.29 is 4.74 Å². The lowest BCUT2D eigenvalue weighted by molar-refractivity contribution is 0.417. The molecule has 0 amide bonds. The predicted molar refractivity (Wildman–Crippen MR) is 90.7 cm³/mol. The molecule has 1 aliphatic carbocycles. The molecule has 0 atom stereocenters. The van der Waals surface area contributed by atoms with Crippen molar-refractivity contribution in [1.82, 2.24) is 9.97 Å². The molecule has 4 nitrogen and oxygen atoms in total. The van der Waals surface area contributed by atoms with Gasteiger partial charge in [0.25, 0.3) is 0 Å². The van der Waals surface area contributed by atoms with Crippen LogP contribution in [0.5, 0.6) is 5.75 Å². The number of rotatable bonds is 3. The summed E-state index contributed by atoms with van der Waals surface area (Å²) in [5, 5.41) is 5.17. The van der Waals surface area contributed by atoms with Crippen LogP contribution in [0.1, 0.15) is 16.9 Å². The zero-order chi connectivity index (χ0) is 15.1. The van der Waals surface area contributed by atoms with Gasteiger partial charge >= 0.3 is 0 Å². The Morgan fingerprint density at radius 3 is 3.05 bits per heavy atom. The van der Waals surface area contributed by atoms with Crippen LogP contribution < -0.4 is 10.1 Å². The number of fused-ring (bicyclic) bond motifs is 3. The van der Waals surface area contributed by atoms with Gasteiger partial charge in [-0.2, -0.15) is 0 Å². The number of thiophene rings is 1. The third-order valence-corrected chi connectivity index (χ3v) is 5.35. The SMILES string of the molecule is COc1ccc(Cl)cc1Nc1ncnc2sc3c(c12)CCC3. The average Bonchev–Trinajstić information content (AvgIpc) is 3.08. The van der Waals surface area contributed by atoms with Crippen molar-refractivity contribution in [2.24, 2.45) is 0 Å². The zero-order valence-corrected chi connectivity index (χ0v) is 13.6. The third kappa shape index (κ3) is 2.21. The van der Waals surface area contributed by atoms with Crippen LogP contribution in [0, 0.1) is 0 Å². The molecule has 22 heavy (non-hydrogen) atoms. The molecule has 1 aliphatic rings. The first-order valence-electron chi connectivity index (χ1n) is 7.12. The number of nitrogens with zero attached hydrogens (tertiary/aromatic N) is 2. The Balaban J connectivity index is 1.84. The Hall–Kier alpha value is -1.85. The van der Waals surface area contributed by atoms with E-state index >= 15 is 0 Å². The van der Waals surface area contributed by atoms with Crippen molar-refractivity contribution in [3.63, 3.8) is 0 Å². The monoisotopic (exact) mass is 331 g/mol. The number of benzene rings is 1. The Morgan fingerprint density at radius 2 is 2.18 bits per heavy atom. The lowest BCUT2D eigenvalue weighted by Gasteiger charge is -2.12. The molecule has 4 rings (SSSR count). The van der Waals surface area contributed by atoms with Crippen LogP contribution in [-0.2, 0) is 12.8 Å². The van der Waals surface area contributed by atoms with Crippen LogP contribution in [0.25, 0.3) is 10.2 Å². The van der Waals surface area contributed by atoms with Crippen LogP contribution in [-0.4, -0.2) is 17.1 Å². The molecule has 2 heterocycles. The molecule has 2 aromatic heterocycles. The van der Waals surface area contributed by atoms with Crippen LogP contribution in [0.2, 0.25) is 5.02 Å². The number of nitrogens with one attached hydrogen (secondary N) is 1. The lowest BCUT2D eigenvalue weighted by Crippen LogP contribution is -1.98. The van der Waals surface area contributed by atoms with Gasteiger partial charge in [0.15, 0.2) is 0 Å². The summed E-state index contributed by atoms with van der Waals surface area (Å²) in [7, 11) is 1.65. The van der Waals surface area contributed by atoms with Gasteiger partial charge in [-0.3, -0.25) is 0 Å². The van der Waals surface area contributed by atoms with Crippen LogP contribution >= 0.6 is 22.9 Å². The Bertz CT molecular complexity index is 862. The number of aromatic nitrogens is 2. The minimum absolute atomic E-state index is 0.657. The highest BCUT2D eigenvalue weighted by molar-refractivity contribution is 7.19. The van der Waals surface area contributed by atoms with Crippen molar-refractivity contribution >= 4 is 44.7 Å². The van der Waals surface area contributed by atoms with E-state index in [4.69, 9.17) is 16.3 Å². The summed E-state index contributed by atoms with van der Waals surface area (Å²) in [6.07, 6.45) is 5.07. The number of anilines is 2. The molecule has 1 N–H and O–H groups in total. The van der Waals surface area contributed by atoms with Crippen LogP contribution in [0.4, 0.5) is 11.5 Å². The molecule has 6 heteroatoms. The maximum Gasteiger partial charge on any atom is 0.142 e. The number of methoxy groups -OCH3 is 1. The molecule has 0 spiro atoms. The van der Waals surface area contributed by atoms with E-state index in [9.17, 15) is 0 Å². The smallest absolute Gasteiger partial charge is 0.142 e. The van der Waals surface area contributed by atoms with Gasteiger partial charge in [-0.05, 0) is 43.0 Å². The van der Waals surface area contributed by atoms with Gasteiger partial charge in [-0.25, -0.2) is 9.97 Å². The van der Waals surface area contributed by atoms with Gasteiger partial charge in [0, 0.05) is 9.90 Å². The van der Waals surface area contributed by atoms with E-state index in [2.05, 4.69) is 15.3 Å². The summed E-state index contributed by atoms with van der Waals surface area (Å²) in [4.78, 5) is 11.3. The first-order valence-corrected chi connectivity index (χ1v) is 8.31. The van der Waals surface area contributed by atoms with Crippen molar-refractivity contribution in [2.45, 2.75) is 19.3 Å². The molecule has 0 saturated heterocycles. The normalized spacial score (nSPS) is 13.4. The molecule has 0 saturated carbocycles. The number of halogens is 1. The summed E-state index contributed by atoms with van der Waals surface area (Å²) in [5.41, 5.74) is 2.21. The second-order valence-corrected chi connectivity index (χ2v) is 6.75. The minimum Gasteiger partial charge on any atom is -0.495 e. The molecule has 0 bridgehead atoms. The molecule has 1 aromatic carbocycles. The van der Waals surface area contributed by atoms with Crippen molar-refractivity contribution in [2.75, 3.05) is 12.4 Å². The third-order valence-electron chi connectivity index (χ3n) is 3.92. The quantitative estimate of drug-likeness (QED) is 0.762. The van der Waals surface area contributed by atoms with Crippen molar-refractivity contribution in [1.29, 1.82) is 0 Å². The van der Waals surface area contributed by atoms with Crippen molar-refractivity contribution in [3.05, 3.63) is 40.0 Å². The molecule has 112 valence electrons. The number of ether oxygens (including phenoxy) is 1. The van der Waals surface area contributed by atoms with Gasteiger partial charge in [0.1, 0.15) is 22.7 Å². The number of hydrogen-bond acceptors (Lipinski definition) is 5. The molecular weight excluding hydrogens is 318 g/mol. The van der Waals surface area contributed by atoms with Crippen LogP contribution in [0.15, 0.2) is 24.5 Å². The summed E-state index contributed by atoms with van der Waals surface area (Å²) in [6.45, 7) is 0. The zero-order valence-electron chi connectivity index (χ0n) is 12.0. The van der Waals surface area contributed by atoms with Gasteiger partial charge in [0.2, 0.25) is 0 Å². The predicted octanol–water partition coefficient (Wildman–Crippen LogP) is 4.59. The van der Waals surface area contributed by atoms with E-state index in [1.54, 1.807) is 24.8 Å². The minimum atomic E-state index is 0.657. The number of hydrogen-bond donors (Lipinski definition) is 1. The largest absolute Gasteiger partial charge is 0.495 e. The van der Waals surface area contributed by atoms with E-state index in [1.165, 1.54) is 16.9 Å². The molecule has 3 aromatic rings. The fourth-order valence-corrected chi connectivity index (χ4v) is 4.33. The molecule has 0 unspecified atom stereocenters. The molecule has 0 radical (unpaired) electrons. The van der Waals surface area contributed by atoms with Crippen LogP contribution in [0.3, 0.4) is 0 Å². The average molecular weight is 332 g/mol. The van der Waals surface area contributed by atoms with Gasteiger partial charge in [-0.15, -0.1) is 11.3 Å². The van der Waals surface area contributed by atoms with E-state index in [0.29, 0.717) is 5.02 Å². The second-order valence-electron chi connectivity index (χ2n) is 5.23. The Morgan fingerprint density at radius 1 is 1.27 bits per heavy atom. The lowest BCUT2D eigenvalue weighted by atomic mass is 10.2. The first-order chi connectivity index (χ1) is 10.8. The fourth-order valence-electron chi connectivity index (χ4n) is 2.93. The topological polar surface area (TPSA) is 47.0 Å². The Kier molecular flexibility index (Phi) is 3.39. The molecule has 0 aliphatic heterocycles. The maximum atomic E-state index is 6.10. The van der Waals surface area contributed by atoms with E-state index in [0.717, 1.165) is 40.3 Å². The highest BCUT2D eigenvalue weighted by Crippen LogP contribution is 2.40. The molecule has 0 fully saturated rings. The van der Waals surface area contributed by atoms with Gasteiger partial charge in [-0.1, -0.05) is 11.6 Å². The summed E-state index contributed by atoms with van der Waals surface area (Å²) < 4.78 is 5.40. The van der Waals surface area contributed by atoms with E-state index in [-0.39, 0.29) is 0 Å². The Labute approximate surface area is 137 Å². The summed E-state index contributed by atoms with van der Waals surface area (Å²) in [6, 6.07) is 5.51. The second kappa shape index (κ2) is 5.41. The number of aryl methyl sites for hydroxylation is 2. The van der Waals surface area contributed by atoms with Crippen molar-refractivity contribution in [3.8, 4) is 5.75 Å². The molecular formula is C16H14ClN3OS. The maximum absolute atomic E-state index is 6.10. The highest BCUT2D eigenvalue weighted by atomic mass is 35.5. The van der Waals surface area contributed by atoms with Gasteiger partial charge in [0.05, 0.1) is 18.2 Å². The highest BCUT2D eigenvalue weighted by Gasteiger charge is 2.21. The van der Waals surface area contributed by atoms with E-state index < -0.39 is 0 Å². The summed E-state index contributed by atoms with van der Waals surface area (Å²) >= 11 is 7.88. The first kappa shape index (κ1) is 13.8. The summed E-state index contributed by atoms with van der Waals surface area (Å²) in [5.74, 6) is 1.56. The van der Waals surface area contributed by atoms with Gasteiger partial charge < -0.3 is 10.1 Å². The fraction of sp³-hybridized carbons (Fsp3) is 0.250. The van der Waals surface area contributed by atoms with E-state index in [1.807, 2.05) is 18.2 Å². The standard InChI is InChI=1S/C16H14ClN3OS/c1-21-12-6-5-9(17)7-11(12)20-15-14-10-3-2-4-13(10)22-16(14)19-8-18-15/h5-8H,2-4H2,1H3,(H,18,19,20).